The van der Waals surface area contributed by atoms with E-state index in [1.54, 1.807) is 0 Å². The number of benzene rings is 2. The first kappa shape index (κ1) is 24.7. The average molecular weight is 490 g/mol. The van der Waals surface area contributed by atoms with Crippen LogP contribution in [0, 0.1) is 0 Å². The van der Waals surface area contributed by atoms with Crippen LogP contribution in [0.5, 0.6) is 11.5 Å². The maximum Gasteiger partial charge on any atom is 0.231 e. The van der Waals surface area contributed by atoms with Crippen molar-refractivity contribution in [2.24, 2.45) is 0 Å². The first-order chi connectivity index (χ1) is 17.6. The zero-order valence-electron chi connectivity index (χ0n) is 22.1. The molecule has 5 rings (SSSR count). The molecule has 0 radical (unpaired) electrons. The highest BCUT2D eigenvalue weighted by molar-refractivity contribution is 5.56. The molecular weight excluding hydrogens is 450 g/mol. The number of hydrogen-bond acceptors (Lipinski definition) is 6. The lowest BCUT2D eigenvalue weighted by Gasteiger charge is -2.36. The van der Waals surface area contributed by atoms with E-state index in [1.165, 1.54) is 22.6 Å². The summed E-state index contributed by atoms with van der Waals surface area (Å²) in [5.74, 6) is 2.93. The van der Waals surface area contributed by atoms with Crippen molar-refractivity contribution in [3.8, 4) is 17.2 Å². The summed E-state index contributed by atoms with van der Waals surface area (Å²) in [6.45, 7) is 16.3. The lowest BCUT2D eigenvalue weighted by molar-refractivity contribution is 0.173. The van der Waals surface area contributed by atoms with Crippen LogP contribution in [0.25, 0.3) is 5.69 Å². The van der Waals surface area contributed by atoms with Gasteiger partial charge in [0, 0.05) is 50.9 Å². The summed E-state index contributed by atoms with van der Waals surface area (Å²) in [6.07, 6.45) is 0.910. The van der Waals surface area contributed by atoms with E-state index in [0.717, 1.165) is 69.4 Å². The number of para-hydroxylation sites is 1. The summed E-state index contributed by atoms with van der Waals surface area (Å²) >= 11 is 0. The molecule has 0 atom stereocenters. The fourth-order valence-electron chi connectivity index (χ4n) is 5.18. The van der Waals surface area contributed by atoms with Gasteiger partial charge in [0.2, 0.25) is 6.79 Å². The van der Waals surface area contributed by atoms with Crippen molar-refractivity contribution in [2.45, 2.75) is 53.2 Å². The van der Waals surface area contributed by atoms with E-state index in [1.807, 2.05) is 6.07 Å². The molecule has 0 bridgehead atoms. The molecule has 0 aliphatic carbocycles. The molecule has 0 N–H and O–H groups in total. The zero-order valence-corrected chi connectivity index (χ0v) is 22.1. The largest absolute Gasteiger partial charge is 0.454 e. The highest BCUT2D eigenvalue weighted by atomic mass is 16.7. The van der Waals surface area contributed by atoms with Gasteiger partial charge in [0.15, 0.2) is 11.5 Å². The molecule has 2 aromatic carbocycles. The second-order valence-corrected chi connectivity index (χ2v) is 9.96. The van der Waals surface area contributed by atoms with Crippen molar-refractivity contribution in [3.05, 3.63) is 65.4 Å². The molecule has 0 spiro atoms. The molecular formula is C29H39N5O2. The number of nitrogens with zero attached hydrogens (tertiary/aromatic N) is 5. The highest BCUT2D eigenvalue weighted by Gasteiger charge is 2.28. The predicted octanol–water partition coefficient (Wildman–Crippen LogP) is 4.72. The van der Waals surface area contributed by atoms with Crippen LogP contribution in [-0.4, -0.2) is 65.1 Å². The molecule has 36 heavy (non-hydrogen) atoms. The lowest BCUT2D eigenvalue weighted by Crippen LogP contribution is -2.47. The summed E-state index contributed by atoms with van der Waals surface area (Å²) < 4.78 is 13.3. The Balaban J connectivity index is 1.50. The van der Waals surface area contributed by atoms with E-state index in [0.29, 0.717) is 12.8 Å². The second kappa shape index (κ2) is 10.9. The topological polar surface area (TPSA) is 46.0 Å². The van der Waals surface area contributed by atoms with E-state index in [9.17, 15) is 0 Å². The smallest absolute Gasteiger partial charge is 0.231 e. The highest BCUT2D eigenvalue weighted by Crippen LogP contribution is 2.34. The summed E-state index contributed by atoms with van der Waals surface area (Å²) in [6, 6.07) is 17.3. The molecule has 1 saturated heterocycles. The fourth-order valence-corrected chi connectivity index (χ4v) is 5.18. The Morgan fingerprint density at radius 1 is 0.917 bits per heavy atom. The maximum absolute atomic E-state index is 5.64. The van der Waals surface area contributed by atoms with Gasteiger partial charge >= 0.3 is 0 Å². The van der Waals surface area contributed by atoms with Gasteiger partial charge in [0.1, 0.15) is 5.82 Å². The summed E-state index contributed by atoms with van der Waals surface area (Å²) in [5.41, 5.74) is 4.89. The maximum atomic E-state index is 5.64. The number of aryl methyl sites for hydroxylation is 1. The molecule has 192 valence electrons. The molecule has 2 aliphatic rings. The number of ether oxygens (including phenoxy) is 2. The Kier molecular flexibility index (Phi) is 7.48. The number of anilines is 1. The molecule has 3 aromatic rings. The number of aromatic nitrogens is 2. The van der Waals surface area contributed by atoms with E-state index in [-0.39, 0.29) is 0 Å². The third-order valence-corrected chi connectivity index (χ3v) is 7.41. The predicted molar refractivity (Wildman–Crippen MR) is 144 cm³/mol. The zero-order chi connectivity index (χ0) is 25.1. The molecule has 0 amide bonds. The number of fused-ring (bicyclic) bond motifs is 1. The quantitative estimate of drug-likeness (QED) is 0.434. The minimum atomic E-state index is 0.305. The SMILES string of the molecule is CCc1nn(-c2ccccc2)c(N2CCN(CC)CC2)c1CN(Cc1ccc2c(c1)OCO2)C(C)C. The van der Waals surface area contributed by atoms with E-state index < -0.39 is 0 Å². The molecule has 1 aromatic heterocycles. The van der Waals surface area contributed by atoms with Gasteiger partial charge in [-0.05, 0) is 56.6 Å². The van der Waals surface area contributed by atoms with Gasteiger partial charge in [0.25, 0.3) is 0 Å². The van der Waals surface area contributed by atoms with Gasteiger partial charge in [-0.15, -0.1) is 0 Å². The van der Waals surface area contributed by atoms with Gasteiger partial charge in [-0.3, -0.25) is 4.90 Å². The third-order valence-electron chi connectivity index (χ3n) is 7.41. The Bertz CT molecular complexity index is 1150. The molecule has 0 unspecified atom stereocenters. The van der Waals surface area contributed by atoms with Crippen molar-refractivity contribution >= 4 is 5.82 Å². The Labute approximate surface area is 215 Å². The summed E-state index contributed by atoms with van der Waals surface area (Å²) in [4.78, 5) is 7.62. The van der Waals surface area contributed by atoms with E-state index in [4.69, 9.17) is 14.6 Å². The number of likely N-dealkylation sites (N-methyl/N-ethyl adjacent to an activating group) is 1. The van der Waals surface area contributed by atoms with Crippen molar-refractivity contribution < 1.29 is 9.47 Å². The first-order valence-electron chi connectivity index (χ1n) is 13.3. The summed E-state index contributed by atoms with van der Waals surface area (Å²) in [5, 5.41) is 5.18. The van der Waals surface area contributed by atoms with Crippen molar-refractivity contribution in [1.29, 1.82) is 0 Å². The summed E-state index contributed by atoms with van der Waals surface area (Å²) in [7, 11) is 0. The average Bonchev–Trinajstić information content (AvgIpc) is 3.53. The van der Waals surface area contributed by atoms with Crippen LogP contribution in [0.4, 0.5) is 5.82 Å². The molecule has 0 saturated carbocycles. The third kappa shape index (κ3) is 5.08. The Morgan fingerprint density at radius 2 is 1.67 bits per heavy atom. The van der Waals surface area contributed by atoms with Gasteiger partial charge in [-0.2, -0.15) is 5.10 Å². The van der Waals surface area contributed by atoms with Crippen LogP contribution in [0.3, 0.4) is 0 Å². The van der Waals surface area contributed by atoms with Crippen molar-refractivity contribution in [2.75, 3.05) is 44.4 Å². The van der Waals surface area contributed by atoms with Crippen LogP contribution in [0.15, 0.2) is 48.5 Å². The van der Waals surface area contributed by atoms with Gasteiger partial charge < -0.3 is 19.3 Å². The number of hydrogen-bond donors (Lipinski definition) is 0. The second-order valence-electron chi connectivity index (χ2n) is 9.96. The fraction of sp³-hybridized carbons (Fsp3) is 0.483. The van der Waals surface area contributed by atoms with Gasteiger partial charge in [-0.1, -0.05) is 38.1 Å². The molecule has 7 heteroatoms. The van der Waals surface area contributed by atoms with Gasteiger partial charge in [-0.25, -0.2) is 4.68 Å². The molecule has 3 heterocycles. The number of piperazine rings is 1. The Morgan fingerprint density at radius 3 is 2.36 bits per heavy atom. The normalized spacial score (nSPS) is 15.9. The van der Waals surface area contributed by atoms with Gasteiger partial charge in [0.05, 0.1) is 11.4 Å². The minimum Gasteiger partial charge on any atom is -0.454 e. The van der Waals surface area contributed by atoms with Crippen LogP contribution in [-0.2, 0) is 19.5 Å². The minimum absolute atomic E-state index is 0.305. The van der Waals surface area contributed by atoms with Crippen LogP contribution in [0.2, 0.25) is 0 Å². The standard InChI is InChI=1S/C29H39N5O2/c1-5-26-25(20-33(22(3)4)19-23-12-13-27-28(18-23)36-21-35-27)29(32-16-14-31(6-2)15-17-32)34(30-26)24-10-8-7-9-11-24/h7-13,18,22H,5-6,14-17,19-21H2,1-4H3. The Hall–Kier alpha value is -3.03. The van der Waals surface area contributed by atoms with Crippen LogP contribution >= 0.6 is 0 Å². The molecule has 7 nitrogen and oxygen atoms in total. The number of rotatable bonds is 9. The van der Waals surface area contributed by atoms with E-state index >= 15 is 0 Å². The molecule has 1 fully saturated rings. The molecule has 2 aliphatic heterocycles. The van der Waals surface area contributed by atoms with E-state index in [2.05, 4.69) is 89.5 Å². The lowest BCUT2D eigenvalue weighted by atomic mass is 10.1. The van der Waals surface area contributed by atoms with Crippen molar-refractivity contribution in [3.63, 3.8) is 0 Å². The van der Waals surface area contributed by atoms with Crippen LogP contribution in [0.1, 0.15) is 44.5 Å². The van der Waals surface area contributed by atoms with Crippen LogP contribution < -0.4 is 14.4 Å². The monoisotopic (exact) mass is 489 g/mol. The first-order valence-corrected chi connectivity index (χ1v) is 13.3. The van der Waals surface area contributed by atoms with Crippen molar-refractivity contribution in [1.82, 2.24) is 19.6 Å².